The minimum Gasteiger partial charge on any atom is -0.497 e. The monoisotopic (exact) mass is 362 g/mol. The van der Waals surface area contributed by atoms with Crippen molar-refractivity contribution >= 4 is 5.96 Å². The average molecular weight is 363 g/mol. The third kappa shape index (κ3) is 7.12. The lowest BCUT2D eigenvalue weighted by atomic mass is 9.97. The summed E-state index contributed by atoms with van der Waals surface area (Å²) in [7, 11) is 3.85. The second-order valence-electron chi connectivity index (χ2n) is 6.95. The molecule has 0 aromatic heterocycles. The third-order valence-corrected chi connectivity index (χ3v) is 4.63. The summed E-state index contributed by atoms with van der Waals surface area (Å²) >= 11 is 0. The van der Waals surface area contributed by atoms with E-state index in [9.17, 15) is 0 Å². The van der Waals surface area contributed by atoms with Crippen molar-refractivity contribution in [1.29, 1.82) is 0 Å². The second-order valence-corrected chi connectivity index (χ2v) is 6.95. The molecular weight excluding hydrogens is 328 g/mol. The van der Waals surface area contributed by atoms with E-state index in [0.29, 0.717) is 6.54 Å². The van der Waals surface area contributed by atoms with Crippen LogP contribution in [-0.4, -0.2) is 63.8 Å². The summed E-state index contributed by atoms with van der Waals surface area (Å²) in [5.41, 5.74) is 0. The van der Waals surface area contributed by atoms with Crippen molar-refractivity contribution in [3.05, 3.63) is 24.3 Å². The van der Waals surface area contributed by atoms with Gasteiger partial charge < -0.3 is 25.0 Å². The molecule has 1 unspecified atom stereocenters. The molecule has 6 nitrogen and oxygen atoms in total. The van der Waals surface area contributed by atoms with Crippen molar-refractivity contribution < 1.29 is 9.47 Å². The van der Waals surface area contributed by atoms with Gasteiger partial charge >= 0.3 is 0 Å². The summed E-state index contributed by atoms with van der Waals surface area (Å²) in [5, 5.41) is 6.81. The molecule has 2 N–H and O–H groups in total. The molecule has 1 atom stereocenters. The number of guanidine groups is 1. The highest BCUT2D eigenvalue weighted by Crippen LogP contribution is 2.20. The van der Waals surface area contributed by atoms with E-state index < -0.39 is 0 Å². The zero-order valence-corrected chi connectivity index (χ0v) is 16.6. The van der Waals surface area contributed by atoms with Crippen molar-refractivity contribution in [1.82, 2.24) is 15.5 Å². The molecule has 0 amide bonds. The van der Waals surface area contributed by atoms with Crippen LogP contribution in [0.25, 0.3) is 0 Å². The maximum absolute atomic E-state index is 5.94. The van der Waals surface area contributed by atoms with E-state index in [2.05, 4.69) is 34.5 Å². The van der Waals surface area contributed by atoms with Gasteiger partial charge in [0.1, 0.15) is 17.6 Å². The predicted molar refractivity (Wildman–Crippen MR) is 107 cm³/mol. The van der Waals surface area contributed by atoms with Crippen molar-refractivity contribution in [2.24, 2.45) is 10.9 Å². The summed E-state index contributed by atoms with van der Waals surface area (Å²) in [5.74, 6) is 3.19. The largest absolute Gasteiger partial charge is 0.497 e. The van der Waals surface area contributed by atoms with Gasteiger partial charge in [-0.15, -0.1) is 0 Å². The quantitative estimate of drug-likeness (QED) is 0.549. The molecule has 146 valence electrons. The van der Waals surface area contributed by atoms with Crippen LogP contribution in [0.3, 0.4) is 0 Å². The number of nitrogens with one attached hydrogen (secondary N) is 2. The predicted octanol–water partition coefficient (Wildman–Crippen LogP) is 2.36. The minimum absolute atomic E-state index is 0.0131. The zero-order valence-electron chi connectivity index (χ0n) is 16.6. The number of ether oxygens (including phenoxy) is 2. The maximum Gasteiger partial charge on any atom is 0.191 e. The Morgan fingerprint density at radius 1 is 1.27 bits per heavy atom. The molecule has 0 saturated carbocycles. The highest BCUT2D eigenvalue weighted by Gasteiger charge is 2.16. The molecule has 0 aliphatic carbocycles. The molecule has 6 heteroatoms. The molecular formula is C20H34N4O2. The summed E-state index contributed by atoms with van der Waals surface area (Å²) < 4.78 is 11.2. The number of rotatable bonds is 8. The van der Waals surface area contributed by atoms with Gasteiger partial charge in [0.25, 0.3) is 0 Å². The Hall–Kier alpha value is -1.95. The summed E-state index contributed by atoms with van der Waals surface area (Å²) in [4.78, 5) is 7.08. The Labute approximate surface area is 158 Å². The van der Waals surface area contributed by atoms with Gasteiger partial charge in [-0.05, 0) is 64.9 Å². The minimum atomic E-state index is -0.0131. The summed E-state index contributed by atoms with van der Waals surface area (Å²) in [6.07, 6.45) is 2.48. The van der Waals surface area contributed by atoms with Crippen LogP contribution in [0.5, 0.6) is 11.5 Å². The molecule has 1 saturated heterocycles. The van der Waals surface area contributed by atoms with Gasteiger partial charge in [0.2, 0.25) is 0 Å². The van der Waals surface area contributed by atoms with Crippen LogP contribution < -0.4 is 20.1 Å². The molecule has 1 aromatic rings. The first-order chi connectivity index (χ1) is 12.6. The van der Waals surface area contributed by atoms with E-state index in [0.717, 1.165) is 36.5 Å². The fourth-order valence-electron chi connectivity index (χ4n) is 3.01. The first-order valence-corrected chi connectivity index (χ1v) is 9.62. The van der Waals surface area contributed by atoms with Gasteiger partial charge in [-0.25, -0.2) is 4.99 Å². The van der Waals surface area contributed by atoms with Crippen LogP contribution in [0.4, 0.5) is 0 Å². The third-order valence-electron chi connectivity index (χ3n) is 4.63. The van der Waals surface area contributed by atoms with E-state index in [-0.39, 0.29) is 6.10 Å². The molecule has 1 fully saturated rings. The number of methoxy groups -OCH3 is 1. The Balaban J connectivity index is 1.80. The topological polar surface area (TPSA) is 58.1 Å². The molecule has 1 aromatic carbocycles. The summed E-state index contributed by atoms with van der Waals surface area (Å²) in [6.45, 7) is 8.92. The SMILES string of the molecule is CCNC(=NCC(C)Oc1cccc(OC)c1)NCC1CCN(C)CC1. The van der Waals surface area contributed by atoms with Crippen LogP contribution in [0.1, 0.15) is 26.7 Å². The van der Waals surface area contributed by atoms with Gasteiger partial charge in [-0.1, -0.05) is 6.07 Å². The van der Waals surface area contributed by atoms with E-state index in [1.54, 1.807) is 7.11 Å². The van der Waals surface area contributed by atoms with E-state index in [1.165, 1.54) is 25.9 Å². The fraction of sp³-hybridized carbons (Fsp3) is 0.650. The Morgan fingerprint density at radius 2 is 2.00 bits per heavy atom. The molecule has 0 radical (unpaired) electrons. The highest BCUT2D eigenvalue weighted by molar-refractivity contribution is 5.79. The lowest BCUT2D eigenvalue weighted by Gasteiger charge is -2.29. The first-order valence-electron chi connectivity index (χ1n) is 9.62. The number of aliphatic imine (C=N–C) groups is 1. The molecule has 1 aliphatic heterocycles. The van der Waals surface area contributed by atoms with Crippen LogP contribution in [-0.2, 0) is 0 Å². The standard InChI is InChI=1S/C20H34N4O2/c1-5-21-20(23-15-17-9-11-24(3)12-10-17)22-14-16(2)26-19-8-6-7-18(13-19)25-4/h6-8,13,16-17H,5,9-12,14-15H2,1-4H3,(H2,21,22,23). The second kappa shape index (κ2) is 10.9. The molecule has 1 aliphatic rings. The van der Waals surface area contributed by atoms with E-state index in [1.807, 2.05) is 31.2 Å². The molecule has 2 rings (SSSR count). The van der Waals surface area contributed by atoms with E-state index in [4.69, 9.17) is 9.47 Å². The number of piperidine rings is 1. The molecule has 0 spiro atoms. The number of nitrogens with zero attached hydrogens (tertiary/aromatic N) is 2. The van der Waals surface area contributed by atoms with Crippen molar-refractivity contribution in [3.63, 3.8) is 0 Å². The Morgan fingerprint density at radius 3 is 2.69 bits per heavy atom. The van der Waals surface area contributed by atoms with Gasteiger partial charge in [0.15, 0.2) is 5.96 Å². The lowest BCUT2D eigenvalue weighted by molar-refractivity contribution is 0.219. The normalized spacial score (nSPS) is 17.6. The highest BCUT2D eigenvalue weighted by atomic mass is 16.5. The molecule has 26 heavy (non-hydrogen) atoms. The Bertz CT molecular complexity index is 556. The van der Waals surface area contributed by atoms with Gasteiger partial charge in [0.05, 0.1) is 13.7 Å². The number of benzene rings is 1. The van der Waals surface area contributed by atoms with Crippen molar-refractivity contribution in [2.75, 3.05) is 46.9 Å². The maximum atomic E-state index is 5.94. The van der Waals surface area contributed by atoms with Gasteiger partial charge in [-0.3, -0.25) is 0 Å². The lowest BCUT2D eigenvalue weighted by Crippen LogP contribution is -2.42. The number of hydrogen-bond donors (Lipinski definition) is 2. The molecule has 0 bridgehead atoms. The van der Waals surface area contributed by atoms with Crippen LogP contribution in [0.15, 0.2) is 29.3 Å². The number of likely N-dealkylation sites (tertiary alicyclic amines) is 1. The average Bonchev–Trinajstić information content (AvgIpc) is 2.65. The van der Waals surface area contributed by atoms with Crippen LogP contribution in [0, 0.1) is 5.92 Å². The van der Waals surface area contributed by atoms with E-state index >= 15 is 0 Å². The fourth-order valence-corrected chi connectivity index (χ4v) is 3.01. The smallest absolute Gasteiger partial charge is 0.191 e. The van der Waals surface area contributed by atoms with Crippen molar-refractivity contribution in [2.45, 2.75) is 32.8 Å². The summed E-state index contributed by atoms with van der Waals surface area (Å²) in [6, 6.07) is 7.67. The number of hydrogen-bond acceptors (Lipinski definition) is 4. The first kappa shape index (κ1) is 20.4. The van der Waals surface area contributed by atoms with Gasteiger partial charge in [-0.2, -0.15) is 0 Å². The zero-order chi connectivity index (χ0) is 18.8. The van der Waals surface area contributed by atoms with Gasteiger partial charge in [0, 0.05) is 19.2 Å². The van der Waals surface area contributed by atoms with Crippen LogP contribution in [0.2, 0.25) is 0 Å². The molecule has 1 heterocycles. The van der Waals surface area contributed by atoms with Crippen molar-refractivity contribution in [3.8, 4) is 11.5 Å². The Kier molecular flexibility index (Phi) is 8.54. The van der Waals surface area contributed by atoms with Crippen LogP contribution >= 0.6 is 0 Å².